The predicted molar refractivity (Wildman–Crippen MR) is 93.1 cm³/mol. The maximum Gasteiger partial charge on any atom is 0.118 e. The topological polar surface area (TPSA) is 47.3 Å². The van der Waals surface area contributed by atoms with Crippen LogP contribution in [0.25, 0.3) is 0 Å². The summed E-state index contributed by atoms with van der Waals surface area (Å²) in [6.45, 7) is 11.0. The van der Waals surface area contributed by atoms with Crippen molar-refractivity contribution in [3.8, 4) is 5.75 Å². The van der Waals surface area contributed by atoms with Gasteiger partial charge < -0.3 is 15.8 Å². The van der Waals surface area contributed by atoms with E-state index in [-0.39, 0.29) is 0 Å². The van der Waals surface area contributed by atoms with Crippen LogP contribution in [0.15, 0.2) is 24.3 Å². The maximum atomic E-state index is 5.95. The van der Waals surface area contributed by atoms with E-state index in [1.165, 1.54) is 18.4 Å². The summed E-state index contributed by atoms with van der Waals surface area (Å²) in [5.41, 5.74) is 7.30. The lowest BCUT2D eigenvalue weighted by atomic mass is 9.80. The molecule has 3 nitrogen and oxygen atoms in total. The van der Waals surface area contributed by atoms with E-state index in [0.29, 0.717) is 5.92 Å². The molecular formula is C18H34N2O. The summed E-state index contributed by atoms with van der Waals surface area (Å²) in [6.07, 6.45) is 2.46. The van der Waals surface area contributed by atoms with Gasteiger partial charge in [0.1, 0.15) is 5.75 Å². The van der Waals surface area contributed by atoms with Gasteiger partial charge in [-0.1, -0.05) is 39.8 Å². The van der Waals surface area contributed by atoms with Crippen molar-refractivity contribution in [2.45, 2.75) is 46.5 Å². The molecule has 1 atom stereocenters. The van der Waals surface area contributed by atoms with Gasteiger partial charge in [0.05, 0.1) is 7.11 Å². The third-order valence-corrected chi connectivity index (χ3v) is 3.75. The van der Waals surface area contributed by atoms with E-state index in [1.54, 1.807) is 7.11 Å². The Morgan fingerprint density at radius 3 is 2.05 bits per heavy atom. The summed E-state index contributed by atoms with van der Waals surface area (Å²) < 4.78 is 5.19. The number of nitrogens with two attached hydrogens (primary N) is 1. The Bertz CT molecular complexity index is 332. The Morgan fingerprint density at radius 1 is 1.10 bits per heavy atom. The number of rotatable bonds is 4. The molecule has 1 unspecified atom stereocenters. The van der Waals surface area contributed by atoms with Gasteiger partial charge in [-0.3, -0.25) is 0 Å². The number of hydrogen-bond acceptors (Lipinski definition) is 3. The van der Waals surface area contributed by atoms with Gasteiger partial charge in [-0.05, 0) is 62.0 Å². The van der Waals surface area contributed by atoms with Gasteiger partial charge in [0.2, 0.25) is 0 Å². The SMILES string of the molecule is CC.CC.COc1ccc(C(CN)C2CCNCC2)cc1. The Morgan fingerprint density at radius 2 is 1.62 bits per heavy atom. The van der Waals surface area contributed by atoms with Gasteiger partial charge in [0.15, 0.2) is 0 Å². The second-order valence-corrected chi connectivity index (χ2v) is 4.70. The summed E-state index contributed by atoms with van der Waals surface area (Å²) >= 11 is 0. The van der Waals surface area contributed by atoms with Crippen LogP contribution in [0.4, 0.5) is 0 Å². The van der Waals surface area contributed by atoms with Crippen molar-refractivity contribution in [3.05, 3.63) is 29.8 Å². The molecule has 0 spiro atoms. The molecule has 0 bridgehead atoms. The number of methoxy groups -OCH3 is 1. The van der Waals surface area contributed by atoms with Crippen molar-refractivity contribution in [3.63, 3.8) is 0 Å². The van der Waals surface area contributed by atoms with Crippen molar-refractivity contribution >= 4 is 0 Å². The van der Waals surface area contributed by atoms with E-state index in [4.69, 9.17) is 10.5 Å². The van der Waals surface area contributed by atoms with Crippen molar-refractivity contribution in [1.29, 1.82) is 0 Å². The second kappa shape index (κ2) is 12.7. The zero-order valence-corrected chi connectivity index (χ0v) is 14.5. The van der Waals surface area contributed by atoms with Crippen LogP contribution < -0.4 is 15.8 Å². The summed E-state index contributed by atoms with van der Waals surface area (Å²) in [7, 11) is 1.70. The zero-order valence-electron chi connectivity index (χ0n) is 14.5. The molecule has 0 saturated carbocycles. The average molecular weight is 294 g/mol. The lowest BCUT2D eigenvalue weighted by molar-refractivity contribution is 0.321. The molecule has 1 saturated heterocycles. The molecule has 0 aromatic heterocycles. The third-order valence-electron chi connectivity index (χ3n) is 3.75. The first-order chi connectivity index (χ1) is 10.3. The highest BCUT2D eigenvalue weighted by molar-refractivity contribution is 5.30. The first-order valence-corrected chi connectivity index (χ1v) is 8.40. The van der Waals surface area contributed by atoms with Crippen molar-refractivity contribution < 1.29 is 4.74 Å². The van der Waals surface area contributed by atoms with E-state index in [9.17, 15) is 0 Å². The highest BCUT2D eigenvalue weighted by Crippen LogP contribution is 2.31. The van der Waals surface area contributed by atoms with Crippen LogP contribution in [0.5, 0.6) is 5.75 Å². The molecule has 1 aromatic carbocycles. The van der Waals surface area contributed by atoms with Crippen LogP contribution in [-0.2, 0) is 0 Å². The molecule has 1 fully saturated rings. The van der Waals surface area contributed by atoms with E-state index in [1.807, 2.05) is 39.8 Å². The van der Waals surface area contributed by atoms with Crippen LogP contribution >= 0.6 is 0 Å². The lowest BCUT2D eigenvalue weighted by Crippen LogP contribution is -2.33. The smallest absolute Gasteiger partial charge is 0.118 e. The molecule has 3 heteroatoms. The molecule has 1 aliphatic rings. The average Bonchev–Trinajstić information content (AvgIpc) is 2.61. The highest BCUT2D eigenvalue weighted by atomic mass is 16.5. The normalized spacial score (nSPS) is 15.9. The summed E-state index contributed by atoms with van der Waals surface area (Å²) in [4.78, 5) is 0. The minimum absolute atomic E-state index is 0.489. The van der Waals surface area contributed by atoms with Gasteiger partial charge in [-0.25, -0.2) is 0 Å². The Kier molecular flexibility index (Phi) is 12.0. The largest absolute Gasteiger partial charge is 0.497 e. The van der Waals surface area contributed by atoms with Crippen LogP contribution in [0.3, 0.4) is 0 Å². The van der Waals surface area contributed by atoms with E-state index >= 15 is 0 Å². The van der Waals surface area contributed by atoms with Crippen molar-refractivity contribution in [1.82, 2.24) is 5.32 Å². The monoisotopic (exact) mass is 294 g/mol. The Balaban J connectivity index is 0.000000921. The molecule has 1 heterocycles. The number of nitrogens with one attached hydrogen (secondary N) is 1. The van der Waals surface area contributed by atoms with Crippen molar-refractivity contribution in [2.75, 3.05) is 26.7 Å². The van der Waals surface area contributed by atoms with Gasteiger partial charge in [-0.2, -0.15) is 0 Å². The fourth-order valence-corrected chi connectivity index (χ4v) is 2.70. The van der Waals surface area contributed by atoms with Crippen molar-refractivity contribution in [2.24, 2.45) is 11.7 Å². The molecule has 122 valence electrons. The van der Waals surface area contributed by atoms with Crippen LogP contribution in [0.2, 0.25) is 0 Å². The number of benzene rings is 1. The minimum atomic E-state index is 0.489. The molecule has 0 aliphatic carbocycles. The second-order valence-electron chi connectivity index (χ2n) is 4.70. The Labute approximate surface area is 131 Å². The maximum absolute atomic E-state index is 5.95. The van der Waals surface area contributed by atoms with E-state index in [0.717, 1.165) is 31.3 Å². The van der Waals surface area contributed by atoms with Gasteiger partial charge >= 0.3 is 0 Å². The van der Waals surface area contributed by atoms with Crippen LogP contribution in [0.1, 0.15) is 52.0 Å². The van der Waals surface area contributed by atoms with Gasteiger partial charge in [-0.15, -0.1) is 0 Å². The summed E-state index contributed by atoms with van der Waals surface area (Å²) in [5, 5.41) is 3.40. The highest BCUT2D eigenvalue weighted by Gasteiger charge is 2.23. The first kappa shape index (κ1) is 19.9. The summed E-state index contributed by atoms with van der Waals surface area (Å²) in [5.74, 6) is 2.12. The molecule has 1 aromatic rings. The quantitative estimate of drug-likeness (QED) is 0.888. The number of hydrogen-bond donors (Lipinski definition) is 2. The molecular weight excluding hydrogens is 260 g/mol. The first-order valence-electron chi connectivity index (χ1n) is 8.40. The molecule has 1 aliphatic heterocycles. The third kappa shape index (κ3) is 6.49. The van der Waals surface area contributed by atoms with Gasteiger partial charge in [0, 0.05) is 0 Å². The summed E-state index contributed by atoms with van der Waals surface area (Å²) in [6, 6.07) is 8.36. The van der Waals surface area contributed by atoms with Crippen LogP contribution in [-0.4, -0.2) is 26.7 Å². The van der Waals surface area contributed by atoms with E-state index < -0.39 is 0 Å². The van der Waals surface area contributed by atoms with Crippen LogP contribution in [0, 0.1) is 5.92 Å². The molecule has 21 heavy (non-hydrogen) atoms. The number of ether oxygens (including phenoxy) is 1. The fraction of sp³-hybridized carbons (Fsp3) is 0.667. The lowest BCUT2D eigenvalue weighted by Gasteiger charge is -2.30. The minimum Gasteiger partial charge on any atom is -0.497 e. The number of piperidine rings is 1. The molecule has 0 radical (unpaired) electrons. The fourth-order valence-electron chi connectivity index (χ4n) is 2.70. The van der Waals surface area contributed by atoms with Gasteiger partial charge in [0.25, 0.3) is 0 Å². The molecule has 2 rings (SSSR count). The Hall–Kier alpha value is -1.06. The van der Waals surface area contributed by atoms with E-state index in [2.05, 4.69) is 17.4 Å². The zero-order chi connectivity index (χ0) is 16.1. The standard InChI is InChI=1S/C14H22N2O.2C2H6/c1-17-13-4-2-11(3-5-13)14(10-15)12-6-8-16-9-7-12;2*1-2/h2-5,12,14,16H,6-10,15H2,1H3;2*1-2H3. The predicted octanol–water partition coefficient (Wildman–Crippen LogP) is 3.79. The molecule has 0 amide bonds. The molecule has 3 N–H and O–H groups in total.